The number of hydrogen-bond donors (Lipinski definition) is 1. The number of aromatic nitrogens is 3. The van der Waals surface area contributed by atoms with E-state index in [1.807, 2.05) is 38.1 Å². The van der Waals surface area contributed by atoms with Crippen LogP contribution in [0.25, 0.3) is 0 Å². The van der Waals surface area contributed by atoms with Crippen LogP contribution < -0.4 is 5.32 Å². The molecule has 4 rings (SSSR count). The van der Waals surface area contributed by atoms with Gasteiger partial charge in [-0.15, -0.1) is 0 Å². The van der Waals surface area contributed by atoms with Crippen molar-refractivity contribution in [2.75, 3.05) is 18.5 Å². The maximum atomic E-state index is 13.0. The second-order valence-electron chi connectivity index (χ2n) is 6.68. The van der Waals surface area contributed by atoms with E-state index in [1.165, 1.54) is 6.33 Å². The zero-order valence-electron chi connectivity index (χ0n) is 14.9. The fourth-order valence-corrected chi connectivity index (χ4v) is 3.56. The fourth-order valence-electron chi connectivity index (χ4n) is 3.56. The van der Waals surface area contributed by atoms with Gasteiger partial charge in [-0.2, -0.15) is 10.1 Å². The molecule has 0 radical (unpaired) electrons. The lowest BCUT2D eigenvalue weighted by atomic mass is 9.92. The minimum Gasteiger partial charge on any atom is -0.459 e. The van der Waals surface area contributed by atoms with E-state index >= 15 is 0 Å². The van der Waals surface area contributed by atoms with Gasteiger partial charge >= 0.3 is 5.97 Å². The van der Waals surface area contributed by atoms with Gasteiger partial charge in [-0.05, 0) is 37.8 Å². The lowest BCUT2D eigenvalue weighted by molar-refractivity contribution is -0.142. The molecule has 26 heavy (non-hydrogen) atoms. The van der Waals surface area contributed by atoms with Crippen molar-refractivity contribution in [3.63, 3.8) is 0 Å². The van der Waals surface area contributed by atoms with Crippen molar-refractivity contribution in [1.82, 2.24) is 14.8 Å². The number of nitrogens with one attached hydrogen (secondary N) is 1. The Balaban J connectivity index is 1.68. The van der Waals surface area contributed by atoms with Gasteiger partial charge in [-0.1, -0.05) is 24.3 Å². The summed E-state index contributed by atoms with van der Waals surface area (Å²) in [7, 11) is 0. The van der Waals surface area contributed by atoms with Gasteiger partial charge in [0, 0.05) is 12.3 Å². The highest BCUT2D eigenvalue weighted by atomic mass is 16.6. The molecule has 0 unspecified atom stereocenters. The van der Waals surface area contributed by atoms with E-state index in [9.17, 15) is 4.79 Å². The summed E-state index contributed by atoms with van der Waals surface area (Å²) >= 11 is 0. The van der Waals surface area contributed by atoms with E-state index in [4.69, 9.17) is 9.47 Å². The predicted molar refractivity (Wildman–Crippen MR) is 95.6 cm³/mol. The number of benzene rings is 1. The van der Waals surface area contributed by atoms with E-state index in [1.54, 1.807) is 4.68 Å². The molecule has 2 aliphatic rings. The Morgan fingerprint density at radius 1 is 1.38 bits per heavy atom. The van der Waals surface area contributed by atoms with Gasteiger partial charge in [0.1, 0.15) is 19.0 Å². The molecule has 0 amide bonds. The zero-order chi connectivity index (χ0) is 18.1. The number of carbonyl (C=O) groups is 1. The van der Waals surface area contributed by atoms with E-state index in [0.717, 1.165) is 36.3 Å². The molecule has 2 aromatic rings. The van der Waals surface area contributed by atoms with E-state index in [-0.39, 0.29) is 24.7 Å². The van der Waals surface area contributed by atoms with Crippen LogP contribution in [0.2, 0.25) is 0 Å². The summed E-state index contributed by atoms with van der Waals surface area (Å²) in [4.78, 5) is 17.2. The highest BCUT2D eigenvalue weighted by molar-refractivity contribution is 5.92. The highest BCUT2D eigenvalue weighted by Gasteiger charge is 2.35. The third-order valence-electron chi connectivity index (χ3n) is 4.92. The summed E-state index contributed by atoms with van der Waals surface area (Å²) in [6, 6.07) is 7.61. The molecule has 1 saturated heterocycles. The maximum absolute atomic E-state index is 13.0. The van der Waals surface area contributed by atoms with Crippen LogP contribution in [-0.4, -0.2) is 40.1 Å². The van der Waals surface area contributed by atoms with Gasteiger partial charge in [0.2, 0.25) is 5.95 Å². The molecule has 0 saturated carbocycles. The molecule has 136 valence electrons. The van der Waals surface area contributed by atoms with Crippen LogP contribution in [0.5, 0.6) is 0 Å². The zero-order valence-corrected chi connectivity index (χ0v) is 14.9. The first-order valence-corrected chi connectivity index (χ1v) is 8.86. The van der Waals surface area contributed by atoms with Gasteiger partial charge in [0.25, 0.3) is 0 Å². The van der Waals surface area contributed by atoms with E-state index in [2.05, 4.69) is 15.4 Å². The minimum absolute atomic E-state index is 0.00440. The van der Waals surface area contributed by atoms with Crippen LogP contribution in [-0.2, 0) is 14.3 Å². The Hall–Kier alpha value is -2.67. The highest BCUT2D eigenvalue weighted by Crippen LogP contribution is 2.36. The van der Waals surface area contributed by atoms with Crippen molar-refractivity contribution in [3.8, 4) is 0 Å². The molecule has 0 aliphatic carbocycles. The molecule has 1 fully saturated rings. The monoisotopic (exact) mass is 354 g/mol. The lowest BCUT2D eigenvalue weighted by Crippen LogP contribution is -2.31. The standard InChI is InChI=1S/C19H22N4O3/c1-12-6-3-4-8-15(12)17-16(13(2)22-19-20-11-21-23(17)19)18(24)26-10-14-7-5-9-25-14/h3-4,6,8,11,14,17H,5,7,9-10H2,1-2H3,(H,20,21,22)/t14-,17-/m1/s1. The average Bonchev–Trinajstić information content (AvgIpc) is 3.30. The average molecular weight is 354 g/mol. The van der Waals surface area contributed by atoms with Gasteiger partial charge in [-0.3, -0.25) is 0 Å². The molecule has 7 nitrogen and oxygen atoms in total. The first-order chi connectivity index (χ1) is 12.6. The molecule has 0 spiro atoms. The first kappa shape index (κ1) is 16.8. The quantitative estimate of drug-likeness (QED) is 0.851. The number of hydrogen-bond acceptors (Lipinski definition) is 6. The molecule has 2 aliphatic heterocycles. The molecule has 1 N–H and O–H groups in total. The second-order valence-corrected chi connectivity index (χ2v) is 6.68. The molecule has 1 aromatic heterocycles. The summed E-state index contributed by atoms with van der Waals surface area (Å²) in [5.41, 5.74) is 3.37. The number of rotatable bonds is 4. The topological polar surface area (TPSA) is 78.3 Å². The molecular weight excluding hydrogens is 332 g/mol. The third-order valence-corrected chi connectivity index (χ3v) is 4.92. The molecular formula is C19H22N4O3. The summed E-state index contributed by atoms with van der Waals surface area (Å²) < 4.78 is 12.9. The number of carbonyl (C=O) groups excluding carboxylic acids is 1. The van der Waals surface area contributed by atoms with Gasteiger partial charge in [0.15, 0.2) is 0 Å². The van der Waals surface area contributed by atoms with Crippen LogP contribution in [0.4, 0.5) is 5.95 Å². The Morgan fingerprint density at radius 2 is 2.23 bits per heavy atom. The van der Waals surface area contributed by atoms with Crippen molar-refractivity contribution in [1.29, 1.82) is 0 Å². The van der Waals surface area contributed by atoms with Gasteiger partial charge < -0.3 is 14.8 Å². The van der Waals surface area contributed by atoms with Crippen LogP contribution in [0.1, 0.15) is 36.9 Å². The maximum Gasteiger partial charge on any atom is 0.338 e. The summed E-state index contributed by atoms with van der Waals surface area (Å²) in [5.74, 6) is 0.270. The van der Waals surface area contributed by atoms with Crippen LogP contribution in [0.3, 0.4) is 0 Å². The van der Waals surface area contributed by atoms with E-state index in [0.29, 0.717) is 11.5 Å². The van der Waals surface area contributed by atoms with Crippen LogP contribution >= 0.6 is 0 Å². The fraction of sp³-hybridized carbons (Fsp3) is 0.421. The van der Waals surface area contributed by atoms with E-state index < -0.39 is 0 Å². The Kier molecular flexibility index (Phi) is 4.46. The van der Waals surface area contributed by atoms with Crippen molar-refractivity contribution in [3.05, 3.63) is 53.0 Å². The first-order valence-electron chi connectivity index (χ1n) is 8.86. The summed E-state index contributed by atoms with van der Waals surface area (Å²) in [5, 5.41) is 7.49. The molecule has 0 bridgehead atoms. The number of ether oxygens (including phenoxy) is 2. The van der Waals surface area contributed by atoms with Crippen molar-refractivity contribution in [2.24, 2.45) is 0 Å². The largest absolute Gasteiger partial charge is 0.459 e. The number of aryl methyl sites for hydroxylation is 1. The number of esters is 1. The van der Waals surface area contributed by atoms with Crippen molar-refractivity contribution in [2.45, 2.75) is 38.8 Å². The number of nitrogens with zero attached hydrogens (tertiary/aromatic N) is 3. The summed E-state index contributed by atoms with van der Waals surface area (Å²) in [6.45, 7) is 4.91. The Bertz CT molecular complexity index is 852. The van der Waals surface area contributed by atoms with Crippen molar-refractivity contribution < 1.29 is 14.3 Å². The van der Waals surface area contributed by atoms with Crippen LogP contribution in [0, 0.1) is 6.92 Å². The molecule has 7 heteroatoms. The van der Waals surface area contributed by atoms with Gasteiger partial charge in [-0.25, -0.2) is 9.48 Å². The lowest BCUT2D eigenvalue weighted by Gasteiger charge is -2.29. The number of anilines is 1. The normalized spacial score (nSPS) is 22.1. The Labute approximate surface area is 152 Å². The predicted octanol–water partition coefficient (Wildman–Crippen LogP) is 2.60. The minimum atomic E-state index is -0.369. The molecule has 3 heterocycles. The third kappa shape index (κ3) is 2.99. The molecule has 2 atom stereocenters. The smallest absolute Gasteiger partial charge is 0.338 e. The molecule has 1 aromatic carbocycles. The number of fused-ring (bicyclic) bond motifs is 1. The summed E-state index contributed by atoms with van der Waals surface area (Å²) in [6.07, 6.45) is 3.43. The van der Waals surface area contributed by atoms with Crippen LogP contribution in [0.15, 0.2) is 41.9 Å². The SMILES string of the molecule is CC1=C(C(=O)OC[C@H]2CCCO2)[C@@H](c2ccccc2C)n2ncnc2N1. The number of allylic oxidation sites excluding steroid dienone is 1. The van der Waals surface area contributed by atoms with Gasteiger partial charge in [0.05, 0.1) is 11.7 Å². The Morgan fingerprint density at radius 3 is 3.00 bits per heavy atom. The van der Waals surface area contributed by atoms with Crippen molar-refractivity contribution >= 4 is 11.9 Å². The second kappa shape index (κ2) is 6.92.